The second kappa shape index (κ2) is 6.50. The number of hydrogen-bond acceptors (Lipinski definition) is 3. The summed E-state index contributed by atoms with van der Waals surface area (Å²) in [5.41, 5.74) is 3.12. The monoisotopic (exact) mass is 407 g/mol. The highest BCUT2D eigenvalue weighted by Gasteiger charge is 2.52. The van der Waals surface area contributed by atoms with Gasteiger partial charge in [-0.15, -0.1) is 0 Å². The number of carbonyl (C=O) groups is 2. The fourth-order valence-electron chi connectivity index (χ4n) is 7.33. The van der Waals surface area contributed by atoms with Gasteiger partial charge in [-0.3, -0.25) is 0 Å². The van der Waals surface area contributed by atoms with E-state index in [0.29, 0.717) is 13.0 Å². The molecule has 0 spiro atoms. The van der Waals surface area contributed by atoms with Crippen molar-refractivity contribution in [3.63, 3.8) is 0 Å². The highest BCUT2D eigenvalue weighted by molar-refractivity contribution is 5.89. The predicted octanol–water partition coefficient (Wildman–Crippen LogP) is 3.75. The van der Waals surface area contributed by atoms with Crippen LogP contribution in [0.1, 0.15) is 49.8 Å². The van der Waals surface area contributed by atoms with E-state index >= 15 is 0 Å². The first-order chi connectivity index (χ1) is 14.5. The predicted molar refractivity (Wildman–Crippen MR) is 113 cm³/mol. The molecule has 7 rings (SSSR count). The van der Waals surface area contributed by atoms with Gasteiger partial charge in [-0.1, -0.05) is 18.2 Å². The summed E-state index contributed by atoms with van der Waals surface area (Å²) in [4.78, 5) is 31.4. The average molecular weight is 408 g/mol. The van der Waals surface area contributed by atoms with E-state index in [1.54, 1.807) is 4.90 Å². The maximum absolute atomic E-state index is 13.5. The second-order valence-electron chi connectivity index (χ2n) is 10.1. The summed E-state index contributed by atoms with van der Waals surface area (Å²) >= 11 is 0. The third-order valence-corrected chi connectivity index (χ3v) is 8.15. The Morgan fingerprint density at radius 1 is 1.10 bits per heavy atom. The zero-order chi connectivity index (χ0) is 20.5. The molecule has 1 aliphatic heterocycles. The van der Waals surface area contributed by atoms with Crippen LogP contribution in [0.2, 0.25) is 0 Å². The van der Waals surface area contributed by atoms with Gasteiger partial charge in [-0.25, -0.2) is 9.59 Å². The number of benzene rings is 1. The Labute approximate surface area is 176 Å². The second-order valence-corrected chi connectivity index (χ2v) is 10.1. The minimum Gasteiger partial charge on any atom is -0.467 e. The molecular weight excluding hydrogens is 378 g/mol. The SMILES string of the molecule is COC(=O)[C@H]1Cc2c([nH]c3ccccc23)CN1C(=O)NC12CC3CC(CC(C3)C1)C2. The van der Waals surface area contributed by atoms with Crippen LogP contribution >= 0.6 is 0 Å². The van der Waals surface area contributed by atoms with Gasteiger partial charge < -0.3 is 19.9 Å². The van der Waals surface area contributed by atoms with Crippen LogP contribution < -0.4 is 5.32 Å². The minimum atomic E-state index is -0.587. The van der Waals surface area contributed by atoms with Gasteiger partial charge >= 0.3 is 12.0 Å². The molecule has 2 amide bonds. The van der Waals surface area contributed by atoms with Gasteiger partial charge in [0.05, 0.1) is 13.7 Å². The largest absolute Gasteiger partial charge is 0.467 e. The number of hydrogen-bond donors (Lipinski definition) is 2. The molecule has 1 aromatic carbocycles. The molecule has 2 N–H and O–H groups in total. The number of H-pyrrole nitrogens is 1. The zero-order valence-corrected chi connectivity index (χ0v) is 17.4. The maximum atomic E-state index is 13.5. The lowest BCUT2D eigenvalue weighted by atomic mass is 9.53. The molecule has 4 fully saturated rings. The molecule has 4 saturated carbocycles. The summed E-state index contributed by atoms with van der Waals surface area (Å²) in [5, 5.41) is 4.56. The topological polar surface area (TPSA) is 74.4 Å². The van der Waals surface area contributed by atoms with Crippen LogP contribution in [0.25, 0.3) is 10.9 Å². The summed E-state index contributed by atoms with van der Waals surface area (Å²) in [6.07, 6.45) is 7.78. The Balaban J connectivity index is 1.30. The van der Waals surface area contributed by atoms with Crippen molar-refractivity contribution in [2.45, 2.75) is 63.1 Å². The van der Waals surface area contributed by atoms with E-state index < -0.39 is 6.04 Å². The number of para-hydroxylation sites is 1. The van der Waals surface area contributed by atoms with Crippen molar-refractivity contribution in [3.8, 4) is 0 Å². The summed E-state index contributed by atoms with van der Waals surface area (Å²) in [7, 11) is 1.41. The molecule has 30 heavy (non-hydrogen) atoms. The number of nitrogens with one attached hydrogen (secondary N) is 2. The molecule has 158 valence electrons. The fraction of sp³-hybridized carbons (Fsp3) is 0.583. The number of rotatable bonds is 2. The smallest absolute Gasteiger partial charge is 0.329 e. The Morgan fingerprint density at radius 3 is 2.43 bits per heavy atom. The van der Waals surface area contributed by atoms with Gasteiger partial charge in [-0.05, 0) is 67.9 Å². The third kappa shape index (κ3) is 2.76. The molecule has 1 aromatic heterocycles. The van der Waals surface area contributed by atoms with E-state index in [4.69, 9.17) is 4.74 Å². The van der Waals surface area contributed by atoms with Crippen LogP contribution in [-0.4, -0.2) is 40.6 Å². The number of fused-ring (bicyclic) bond motifs is 3. The minimum absolute atomic E-state index is 0.0762. The number of nitrogens with zero attached hydrogens (tertiary/aromatic N) is 1. The number of urea groups is 1. The molecule has 6 nitrogen and oxygen atoms in total. The van der Waals surface area contributed by atoms with Crippen LogP contribution in [-0.2, 0) is 22.5 Å². The normalized spacial score (nSPS) is 34.1. The number of ether oxygens (including phenoxy) is 1. The number of amides is 2. The fourth-order valence-corrected chi connectivity index (χ4v) is 7.33. The van der Waals surface area contributed by atoms with Gasteiger partial charge in [0.15, 0.2) is 0 Å². The third-order valence-electron chi connectivity index (χ3n) is 8.15. The van der Waals surface area contributed by atoms with E-state index in [1.807, 2.05) is 18.2 Å². The molecule has 4 aliphatic carbocycles. The lowest BCUT2D eigenvalue weighted by molar-refractivity contribution is -0.146. The summed E-state index contributed by atoms with van der Waals surface area (Å²) in [5.74, 6) is 1.94. The van der Waals surface area contributed by atoms with Crippen LogP contribution in [0.3, 0.4) is 0 Å². The van der Waals surface area contributed by atoms with Crippen molar-refractivity contribution >= 4 is 22.9 Å². The summed E-state index contributed by atoms with van der Waals surface area (Å²) in [6, 6.07) is 7.42. The first kappa shape index (κ1) is 18.3. The van der Waals surface area contributed by atoms with Crippen LogP contribution in [0.5, 0.6) is 0 Å². The maximum Gasteiger partial charge on any atom is 0.329 e. The first-order valence-corrected chi connectivity index (χ1v) is 11.3. The standard InChI is InChI=1S/C24H29N3O3/c1-30-22(28)21-9-18-17-4-2-3-5-19(17)25-20(18)13-27(21)23(29)26-24-10-14-6-15(11-24)8-16(7-14)12-24/h2-5,14-16,21,25H,6-13H2,1H3,(H,26,29)/t14?,15?,16?,21-,24?/m1/s1. The lowest BCUT2D eigenvalue weighted by Gasteiger charge is -2.57. The number of aromatic amines is 1. The van der Waals surface area contributed by atoms with E-state index in [9.17, 15) is 9.59 Å². The Morgan fingerprint density at radius 2 is 1.77 bits per heavy atom. The number of carbonyl (C=O) groups excluding carboxylic acids is 2. The van der Waals surface area contributed by atoms with E-state index in [-0.39, 0.29) is 17.5 Å². The number of esters is 1. The molecule has 0 radical (unpaired) electrons. The average Bonchev–Trinajstić information content (AvgIpc) is 3.08. The van der Waals surface area contributed by atoms with Crippen molar-refractivity contribution in [1.82, 2.24) is 15.2 Å². The van der Waals surface area contributed by atoms with E-state index in [1.165, 1.54) is 26.4 Å². The molecule has 0 unspecified atom stereocenters. The summed E-state index contributed by atoms with van der Waals surface area (Å²) in [6.45, 7) is 0.405. The lowest BCUT2D eigenvalue weighted by Crippen LogP contribution is -2.63. The molecule has 1 atom stereocenters. The van der Waals surface area contributed by atoms with Gasteiger partial charge in [0.1, 0.15) is 6.04 Å². The first-order valence-electron chi connectivity index (χ1n) is 11.3. The van der Waals surface area contributed by atoms with Crippen LogP contribution in [0.4, 0.5) is 4.79 Å². The van der Waals surface area contributed by atoms with E-state index in [2.05, 4.69) is 16.4 Å². The van der Waals surface area contributed by atoms with Crippen LogP contribution in [0, 0.1) is 17.8 Å². The number of methoxy groups -OCH3 is 1. The molecule has 6 heteroatoms. The molecule has 0 saturated heterocycles. The number of aromatic nitrogens is 1. The van der Waals surface area contributed by atoms with Crippen molar-refractivity contribution < 1.29 is 14.3 Å². The van der Waals surface area contributed by atoms with Gasteiger partial charge in [-0.2, -0.15) is 0 Å². The highest BCUT2D eigenvalue weighted by atomic mass is 16.5. The summed E-state index contributed by atoms with van der Waals surface area (Å²) < 4.78 is 5.10. The van der Waals surface area contributed by atoms with E-state index in [0.717, 1.165) is 59.2 Å². The molecule has 2 aromatic rings. The molecule has 4 bridgehead atoms. The Bertz CT molecular complexity index is 991. The molecule has 2 heterocycles. The zero-order valence-electron chi connectivity index (χ0n) is 17.4. The Hall–Kier alpha value is -2.50. The van der Waals surface area contributed by atoms with Crippen LogP contribution in [0.15, 0.2) is 24.3 Å². The van der Waals surface area contributed by atoms with Crippen molar-refractivity contribution in [3.05, 3.63) is 35.5 Å². The highest BCUT2D eigenvalue weighted by Crippen LogP contribution is 2.55. The van der Waals surface area contributed by atoms with Gasteiger partial charge in [0.2, 0.25) is 0 Å². The van der Waals surface area contributed by atoms with Crippen molar-refractivity contribution in [1.29, 1.82) is 0 Å². The van der Waals surface area contributed by atoms with Crippen molar-refractivity contribution in [2.75, 3.05) is 7.11 Å². The molecular formula is C24H29N3O3. The quantitative estimate of drug-likeness (QED) is 0.745. The van der Waals surface area contributed by atoms with Gasteiger partial charge in [0.25, 0.3) is 0 Å². The Kier molecular flexibility index (Phi) is 3.96. The van der Waals surface area contributed by atoms with Gasteiger partial charge in [0, 0.05) is 28.6 Å². The van der Waals surface area contributed by atoms with Crippen molar-refractivity contribution in [2.24, 2.45) is 17.8 Å². The molecule has 5 aliphatic rings.